The van der Waals surface area contributed by atoms with E-state index in [1.807, 2.05) is 20.8 Å². The van der Waals surface area contributed by atoms with Gasteiger partial charge in [-0.2, -0.15) is 59.6 Å². The summed E-state index contributed by atoms with van der Waals surface area (Å²) in [5, 5.41) is 21.3. The van der Waals surface area contributed by atoms with E-state index in [0.29, 0.717) is 26.8 Å². The molecule has 25 nitrogen and oxygen atoms in total. The Morgan fingerprint density at radius 2 is 0.674 bits per heavy atom. The second kappa shape index (κ2) is 41.6. The maximum Gasteiger partial charge on any atom is 0.416 e. The molecule has 46 heteroatoms. The Hall–Kier alpha value is -11.4. The standard InChI is InChI=1S/C25H20ClF3N2O4S.C15H6ClF3N2O4.C15H8ClF3N2O2.C10H13ClO2S.C8H2ClNO5.C7H6F3N.C2H5.CH4.2V/c1-24(2,3)14-7-9-17(10-8-14)36(34,35)30-19-12-11-18(26)20-21(19)23(33)31(22(20)32)16-6-4-5-15(13-16)25(27,28)29;16-9-4-5-10(21(24)25)12-11(9)13(22)20(14(12)23)8-3-1-2-7(6-8)15(17,18)19;16-9-4-5-10(20)12-11(9)13(22)21(14(12)23)8-3-1-2-7(6-8)15(17,18)19;1-10(2,3)8-4-6-9(7-5-8)14(11,12)13;9-3-1-2-4(10(13)14)6-5(3)7(11)15-8(6)12;8-7(9,10)5-2-1-3-6(11)4-5;1-2;;;/h4-13,30H,1-3H3;1-6H;1-6H,20H2;4-7H,1-3H3;1-2H;1-4H,11H2;1H2,2H3;1H4;;/q;;;;;;-1;;;. The van der Waals surface area contributed by atoms with Crippen LogP contribution in [0.15, 0.2) is 204 Å². The van der Waals surface area contributed by atoms with Gasteiger partial charge in [0.25, 0.3) is 65.9 Å². The molecule has 10 aromatic carbocycles. The molecule has 0 saturated heterocycles. The fraction of sp³-hybridized carbons (Fsp3) is 0.169. The van der Waals surface area contributed by atoms with Crippen LogP contribution >= 0.6 is 57.1 Å². The molecule has 5 N–H and O–H groups in total. The van der Waals surface area contributed by atoms with Crippen LogP contribution in [0.1, 0.15) is 172 Å². The van der Waals surface area contributed by atoms with Gasteiger partial charge in [-0.05, 0) is 155 Å². The molecule has 4 aliphatic rings. The fourth-order valence-corrected chi connectivity index (χ4v) is 14.7. The van der Waals surface area contributed by atoms with Crippen molar-refractivity contribution in [1.29, 1.82) is 0 Å². The number of hydrogen-bond acceptors (Lipinski definition) is 19. The number of anilines is 6. The molecule has 129 heavy (non-hydrogen) atoms. The first-order valence-electron chi connectivity index (χ1n) is 35.3. The van der Waals surface area contributed by atoms with E-state index >= 15 is 0 Å². The van der Waals surface area contributed by atoms with Crippen LogP contribution in [0.25, 0.3) is 0 Å². The number of imide groups is 3. The summed E-state index contributed by atoms with van der Waals surface area (Å²) in [7, 11) is -2.58. The average molecular weight is 2020 g/mol. The summed E-state index contributed by atoms with van der Waals surface area (Å²) in [6.07, 6.45) is -18.3. The zero-order chi connectivity index (χ0) is 94.7. The van der Waals surface area contributed by atoms with Gasteiger partial charge in [-0.3, -0.25) is 53.7 Å². The summed E-state index contributed by atoms with van der Waals surface area (Å²) in [6.45, 7) is 17.1. The van der Waals surface area contributed by atoms with Crippen molar-refractivity contribution in [1.82, 2.24) is 0 Å². The summed E-state index contributed by atoms with van der Waals surface area (Å²) in [5.41, 5.74) is 4.40. The molecule has 0 unspecified atom stereocenters. The summed E-state index contributed by atoms with van der Waals surface area (Å²) in [5.74, 6) is -7.69. The van der Waals surface area contributed by atoms with Crippen LogP contribution in [0, 0.1) is 27.2 Å². The van der Waals surface area contributed by atoms with Crippen LogP contribution in [-0.4, -0.2) is 74.1 Å². The number of fused-ring (bicyclic) bond motifs is 4. The van der Waals surface area contributed by atoms with Gasteiger partial charge >= 0.3 is 36.6 Å². The van der Waals surface area contributed by atoms with Crippen LogP contribution in [0.4, 0.5) is 98.2 Å². The minimum absolute atomic E-state index is 0. The Balaban J connectivity index is 0.000000283. The third kappa shape index (κ3) is 24.6. The number of cyclic esters (lactones) is 2. The van der Waals surface area contributed by atoms with E-state index in [0.717, 1.165) is 90.0 Å². The van der Waals surface area contributed by atoms with Gasteiger partial charge in [-0.25, -0.2) is 41.1 Å². The number of carbonyl (C=O) groups excluding carboxylic acids is 8. The van der Waals surface area contributed by atoms with Gasteiger partial charge in [-0.1, -0.05) is 144 Å². The number of rotatable bonds is 9. The molecule has 2 radical (unpaired) electrons. The van der Waals surface area contributed by atoms with E-state index in [-0.39, 0.29) is 153 Å². The second-order valence-electron chi connectivity index (χ2n) is 28.3. The predicted molar refractivity (Wildman–Crippen MR) is 449 cm³/mol. The number of ether oxygens (including phenoxy) is 1. The fourth-order valence-electron chi connectivity index (χ4n) is 11.9. The molecule has 0 bridgehead atoms. The van der Waals surface area contributed by atoms with Gasteiger partial charge in [0.1, 0.15) is 11.1 Å². The van der Waals surface area contributed by atoms with E-state index in [9.17, 15) is 128 Å². The molecule has 4 aliphatic heterocycles. The van der Waals surface area contributed by atoms with Gasteiger partial charge in [0, 0.05) is 71.3 Å². The zero-order valence-electron chi connectivity index (χ0n) is 66.1. The first-order chi connectivity index (χ1) is 58.2. The number of sulfonamides is 1. The molecule has 0 aromatic heterocycles. The molecule has 0 fully saturated rings. The number of nitro groups is 2. The maximum atomic E-state index is 13.2. The van der Waals surface area contributed by atoms with Gasteiger partial charge in [0.2, 0.25) is 0 Å². The van der Waals surface area contributed by atoms with Crippen LogP contribution < -0.4 is 30.9 Å². The Morgan fingerprint density at radius 1 is 0.380 bits per heavy atom. The number of nitrogens with two attached hydrogens (primary N) is 2. The van der Waals surface area contributed by atoms with Crippen LogP contribution in [0.3, 0.4) is 0 Å². The summed E-state index contributed by atoms with van der Waals surface area (Å²) >= 11 is 23.6. The first-order valence-corrected chi connectivity index (χ1v) is 40.6. The van der Waals surface area contributed by atoms with Crippen molar-refractivity contribution >= 4 is 169 Å². The number of alkyl halides is 12. The minimum Gasteiger partial charge on any atom is -0.399 e. The number of amides is 6. The number of halogens is 17. The summed E-state index contributed by atoms with van der Waals surface area (Å²) in [4.78, 5) is 120. The molecule has 6 amide bonds. The van der Waals surface area contributed by atoms with Crippen LogP contribution in [-0.2, 0) is 96.5 Å². The van der Waals surface area contributed by atoms with E-state index in [2.05, 4.69) is 37.2 Å². The molecular formula is C83H64Cl5F12N8O17S2V2-. The smallest absolute Gasteiger partial charge is 0.399 e. The number of nitro benzene ring substituents is 2. The number of hydrogen-bond donors (Lipinski definition) is 3. The molecular weight excluding hydrogens is 1950 g/mol. The van der Waals surface area contributed by atoms with E-state index < -0.39 is 146 Å². The van der Waals surface area contributed by atoms with Crippen molar-refractivity contribution < 1.29 is 160 Å². The number of benzene rings is 10. The molecule has 680 valence electrons. The first kappa shape index (κ1) is 108. The third-order valence-corrected chi connectivity index (χ3v) is 21.9. The molecule has 4 heterocycles. The zero-order valence-corrected chi connectivity index (χ0v) is 74.4. The molecule has 10 aromatic rings. The van der Waals surface area contributed by atoms with Crippen molar-refractivity contribution in [3.05, 3.63) is 319 Å². The van der Waals surface area contributed by atoms with Gasteiger partial charge in [-0.15, -0.1) is 0 Å². The van der Waals surface area contributed by atoms with Crippen molar-refractivity contribution in [2.24, 2.45) is 0 Å². The Bertz CT molecular complexity index is 6310. The molecule has 0 spiro atoms. The topological polar surface area (TPSA) is 374 Å². The SMILES string of the molecule is C.CC(C)(C)c1ccc(S(=O)(=O)Cl)cc1.CC(C)(C)c1ccc(S(=O)(=O)Nc2ccc(Cl)c3c2C(=O)N(c2cccc(C(F)(F)F)c2)C3=O)cc1.Nc1ccc(Cl)c2c1C(=O)N(c1cccc(C(F)(F)F)c1)C2=O.Nc1cccc(C(F)(F)F)c1.O=C1OC(=O)c2c([N+](=O)[O-])ccc(Cl)c21.O=C1c2c(Cl)ccc([N+](=O)[O-])c2C(=O)N1c1cccc(C(F)(F)F)c1.[CH2-]C.[V].[V]. The van der Waals surface area contributed by atoms with Crippen molar-refractivity contribution in [2.45, 2.75) is 101 Å². The second-order valence-corrected chi connectivity index (χ2v) is 34.1. The van der Waals surface area contributed by atoms with E-state index in [4.69, 9.17) is 68.6 Å². The van der Waals surface area contributed by atoms with E-state index in [1.165, 1.54) is 78.9 Å². The van der Waals surface area contributed by atoms with Gasteiger partial charge in [0.05, 0.1) is 113 Å². The largest absolute Gasteiger partial charge is 0.416 e. The Labute approximate surface area is 774 Å². The quantitative estimate of drug-likeness (QED) is 0.0139. The van der Waals surface area contributed by atoms with Crippen LogP contribution in [0.2, 0.25) is 20.1 Å². The van der Waals surface area contributed by atoms with Crippen LogP contribution in [0.5, 0.6) is 0 Å². The monoisotopic (exact) mass is 2010 g/mol. The molecule has 0 aliphatic carbocycles. The Morgan fingerprint density at radius 3 is 1.02 bits per heavy atom. The van der Waals surface area contributed by atoms with Crippen molar-refractivity contribution in [3.63, 3.8) is 0 Å². The molecule has 14 rings (SSSR count). The van der Waals surface area contributed by atoms with Crippen molar-refractivity contribution in [2.75, 3.05) is 30.9 Å². The number of carbonyl (C=O) groups is 8. The number of nitrogen functional groups attached to an aromatic ring is 2. The van der Waals surface area contributed by atoms with Gasteiger partial charge in [0.15, 0.2) is 5.56 Å². The van der Waals surface area contributed by atoms with E-state index in [1.54, 1.807) is 31.2 Å². The minimum atomic E-state index is -4.70. The average Bonchev–Trinajstić information content (AvgIpc) is 1.60. The molecule has 0 saturated carbocycles. The summed E-state index contributed by atoms with van der Waals surface area (Å²) in [6, 6.07) is 38.0. The molecule has 0 atom stereocenters. The third-order valence-electron chi connectivity index (χ3n) is 17.9. The normalized spacial score (nSPS) is 13.3. The Kier molecular flexibility index (Phi) is 34.9. The maximum absolute atomic E-state index is 13.2. The van der Waals surface area contributed by atoms with Gasteiger partial charge < -0.3 is 23.1 Å². The predicted octanol–water partition coefficient (Wildman–Crippen LogP) is 22.3. The number of esters is 2. The summed E-state index contributed by atoms with van der Waals surface area (Å²) < 4.78 is 207. The number of nitrogens with zero attached hydrogens (tertiary/aromatic N) is 5. The van der Waals surface area contributed by atoms with Crippen molar-refractivity contribution in [3.8, 4) is 0 Å². The number of nitrogens with one attached hydrogen (secondary N) is 1.